The first-order valence-electron chi connectivity index (χ1n) is 6.17. The maximum atomic E-state index is 12.5. The highest BCUT2D eigenvalue weighted by molar-refractivity contribution is 8.15. The summed E-state index contributed by atoms with van der Waals surface area (Å²) in [7, 11) is 0. The van der Waals surface area contributed by atoms with E-state index in [0.717, 1.165) is 5.56 Å². The number of rotatable bonds is 4. The third-order valence-electron chi connectivity index (χ3n) is 3.27. The molecule has 1 unspecified atom stereocenters. The number of aliphatic hydroxyl groups excluding tert-OH is 1. The monoisotopic (exact) mass is 364 g/mol. The Kier molecular flexibility index (Phi) is 5.54. The number of allylic oxidation sites excluding steroid dienone is 1. The third kappa shape index (κ3) is 3.22. The molecule has 3 nitrogen and oxygen atoms in total. The summed E-state index contributed by atoms with van der Waals surface area (Å²) in [6.45, 7) is 1.59. The molecule has 2 rings (SSSR count). The van der Waals surface area contributed by atoms with Crippen molar-refractivity contribution in [3.63, 3.8) is 0 Å². The number of hydrogen-bond acceptors (Lipinski definition) is 5. The van der Waals surface area contributed by atoms with Gasteiger partial charge in [0.1, 0.15) is 16.9 Å². The molecular formula is C14H14Cl2O3S2. The number of thioether (sulfide) groups is 1. The number of thiol groups is 1. The number of fused-ring (bicyclic) bond motifs is 1. The fourth-order valence-corrected chi connectivity index (χ4v) is 3.11. The highest BCUT2D eigenvalue weighted by atomic mass is 35.5. The van der Waals surface area contributed by atoms with Crippen molar-refractivity contribution in [1.29, 1.82) is 0 Å². The van der Waals surface area contributed by atoms with Gasteiger partial charge in [0, 0.05) is 27.4 Å². The predicted molar refractivity (Wildman–Crippen MR) is 91.2 cm³/mol. The molecule has 0 amide bonds. The second-order valence-electron chi connectivity index (χ2n) is 4.63. The van der Waals surface area contributed by atoms with E-state index in [1.54, 1.807) is 13.0 Å². The van der Waals surface area contributed by atoms with E-state index in [-0.39, 0.29) is 28.5 Å². The molecule has 0 saturated heterocycles. The molecular weight excluding hydrogens is 351 g/mol. The van der Waals surface area contributed by atoms with Crippen molar-refractivity contribution < 1.29 is 14.6 Å². The standard InChI is InChI=1S/C14H14Cl2O3S2/c1-6(14(20)21-2)12(18)9-4-7-3-8(5-17)19-13(7)11(16)10(9)15/h4,8,17,20H,3,5H2,1-2H3/b14-6-. The molecule has 1 N–H and O–H groups in total. The van der Waals surface area contributed by atoms with E-state index >= 15 is 0 Å². The summed E-state index contributed by atoms with van der Waals surface area (Å²) >= 11 is 18.1. The molecule has 1 atom stereocenters. The van der Waals surface area contributed by atoms with Crippen LogP contribution in [-0.2, 0) is 6.42 Å². The van der Waals surface area contributed by atoms with Gasteiger partial charge in [-0.05, 0) is 19.2 Å². The van der Waals surface area contributed by atoms with E-state index in [1.807, 2.05) is 6.26 Å². The lowest BCUT2D eigenvalue weighted by molar-refractivity contribution is 0.103. The summed E-state index contributed by atoms with van der Waals surface area (Å²) in [6.07, 6.45) is 2.00. The normalized spacial score (nSPS) is 18.1. The van der Waals surface area contributed by atoms with E-state index in [0.29, 0.717) is 27.5 Å². The fourth-order valence-electron chi connectivity index (χ4n) is 2.11. The smallest absolute Gasteiger partial charge is 0.191 e. The Hall–Kier alpha value is -0.330. The number of hydrogen-bond donors (Lipinski definition) is 2. The number of ketones is 1. The van der Waals surface area contributed by atoms with Gasteiger partial charge in [-0.25, -0.2) is 0 Å². The van der Waals surface area contributed by atoms with Crippen LogP contribution in [-0.4, -0.2) is 29.9 Å². The number of carbonyl (C=O) groups excluding carboxylic acids is 1. The molecule has 0 aliphatic carbocycles. The van der Waals surface area contributed by atoms with Crippen LogP contribution in [0.4, 0.5) is 0 Å². The van der Waals surface area contributed by atoms with Crippen molar-refractivity contribution in [2.75, 3.05) is 12.9 Å². The second-order valence-corrected chi connectivity index (χ2v) is 6.95. The first kappa shape index (κ1) is 17.0. The van der Waals surface area contributed by atoms with Gasteiger partial charge in [0.15, 0.2) is 5.78 Å². The topological polar surface area (TPSA) is 46.5 Å². The average Bonchev–Trinajstić information content (AvgIpc) is 2.92. The summed E-state index contributed by atoms with van der Waals surface area (Å²) in [4.78, 5) is 12.5. The Bertz CT molecular complexity index is 629. The minimum absolute atomic E-state index is 0.113. The quantitative estimate of drug-likeness (QED) is 0.481. The van der Waals surface area contributed by atoms with Crippen molar-refractivity contribution in [1.82, 2.24) is 0 Å². The van der Waals surface area contributed by atoms with Crippen LogP contribution in [0.3, 0.4) is 0 Å². The molecule has 21 heavy (non-hydrogen) atoms. The van der Waals surface area contributed by atoms with E-state index in [2.05, 4.69) is 12.6 Å². The molecule has 1 aromatic carbocycles. The molecule has 1 aliphatic rings. The average molecular weight is 365 g/mol. The van der Waals surface area contributed by atoms with Gasteiger partial charge in [-0.15, -0.1) is 24.4 Å². The van der Waals surface area contributed by atoms with Crippen LogP contribution in [0.25, 0.3) is 0 Å². The van der Waals surface area contributed by atoms with Crippen LogP contribution >= 0.6 is 47.6 Å². The summed E-state index contributed by atoms with van der Waals surface area (Å²) in [5.41, 5.74) is 1.63. The third-order valence-corrected chi connectivity index (χ3v) is 5.70. The lowest BCUT2D eigenvalue weighted by Gasteiger charge is -2.11. The van der Waals surface area contributed by atoms with Crippen molar-refractivity contribution in [2.24, 2.45) is 0 Å². The molecule has 1 aliphatic heterocycles. The van der Waals surface area contributed by atoms with E-state index in [4.69, 9.17) is 27.9 Å². The van der Waals surface area contributed by atoms with E-state index < -0.39 is 0 Å². The van der Waals surface area contributed by atoms with Gasteiger partial charge >= 0.3 is 0 Å². The Morgan fingerprint density at radius 3 is 2.76 bits per heavy atom. The summed E-state index contributed by atoms with van der Waals surface area (Å²) < 4.78 is 6.16. The molecule has 1 aromatic rings. The molecule has 0 fully saturated rings. The van der Waals surface area contributed by atoms with Crippen LogP contribution in [0, 0.1) is 0 Å². The van der Waals surface area contributed by atoms with Crippen molar-refractivity contribution in [3.8, 4) is 5.75 Å². The number of carbonyl (C=O) groups is 1. The van der Waals surface area contributed by atoms with Gasteiger partial charge < -0.3 is 9.84 Å². The molecule has 1 heterocycles. The van der Waals surface area contributed by atoms with Gasteiger partial charge in [-0.3, -0.25) is 4.79 Å². The SMILES string of the molecule is CS/C(S)=C(/C)C(=O)c1cc2c(c(Cl)c1Cl)OC(CO)C2. The number of aliphatic hydroxyl groups is 1. The van der Waals surface area contributed by atoms with Crippen LogP contribution in [0.1, 0.15) is 22.8 Å². The predicted octanol–water partition coefficient (Wildman–Crippen LogP) is 4.00. The maximum absolute atomic E-state index is 12.5. The number of Topliss-reactive ketones (excluding diaryl/α,β-unsaturated/α-hetero) is 1. The number of benzene rings is 1. The van der Waals surface area contributed by atoms with Gasteiger partial charge in [0.25, 0.3) is 0 Å². The Morgan fingerprint density at radius 1 is 1.52 bits per heavy atom. The Morgan fingerprint density at radius 2 is 2.19 bits per heavy atom. The van der Waals surface area contributed by atoms with E-state index in [1.165, 1.54) is 11.8 Å². The van der Waals surface area contributed by atoms with Crippen LogP contribution in [0.2, 0.25) is 10.0 Å². The van der Waals surface area contributed by atoms with Gasteiger partial charge in [-0.2, -0.15) is 0 Å². The lowest BCUT2D eigenvalue weighted by atomic mass is 10.0. The molecule has 0 bridgehead atoms. The molecule has 7 heteroatoms. The number of ether oxygens (including phenoxy) is 1. The van der Waals surface area contributed by atoms with Crippen molar-refractivity contribution >= 4 is 53.4 Å². The minimum Gasteiger partial charge on any atom is -0.486 e. The zero-order valence-electron chi connectivity index (χ0n) is 11.4. The van der Waals surface area contributed by atoms with Gasteiger partial charge in [0.2, 0.25) is 0 Å². The van der Waals surface area contributed by atoms with Crippen molar-refractivity contribution in [3.05, 3.63) is 37.0 Å². The maximum Gasteiger partial charge on any atom is 0.191 e. The first-order valence-corrected chi connectivity index (χ1v) is 8.60. The summed E-state index contributed by atoms with van der Waals surface area (Å²) in [6, 6.07) is 1.69. The Labute approximate surface area is 143 Å². The highest BCUT2D eigenvalue weighted by Crippen LogP contribution is 2.43. The molecule has 114 valence electrons. The summed E-state index contributed by atoms with van der Waals surface area (Å²) in [5, 5.41) is 9.56. The summed E-state index contributed by atoms with van der Waals surface area (Å²) in [5.74, 6) is 0.242. The molecule has 0 aromatic heterocycles. The van der Waals surface area contributed by atoms with Crippen LogP contribution in [0.15, 0.2) is 15.9 Å². The highest BCUT2D eigenvalue weighted by Gasteiger charge is 2.29. The van der Waals surface area contributed by atoms with Crippen LogP contribution in [0.5, 0.6) is 5.75 Å². The Balaban J connectivity index is 2.49. The van der Waals surface area contributed by atoms with Gasteiger partial charge in [0.05, 0.1) is 11.6 Å². The van der Waals surface area contributed by atoms with Crippen LogP contribution < -0.4 is 4.74 Å². The molecule has 0 spiro atoms. The van der Waals surface area contributed by atoms with Gasteiger partial charge in [-0.1, -0.05) is 23.2 Å². The van der Waals surface area contributed by atoms with Crippen molar-refractivity contribution in [2.45, 2.75) is 19.4 Å². The molecule has 0 radical (unpaired) electrons. The lowest BCUT2D eigenvalue weighted by Crippen LogP contribution is -2.17. The largest absolute Gasteiger partial charge is 0.486 e. The second kappa shape index (κ2) is 6.84. The zero-order chi connectivity index (χ0) is 15.7. The van der Waals surface area contributed by atoms with E-state index in [9.17, 15) is 9.90 Å². The minimum atomic E-state index is -0.345. The number of halogens is 2. The first-order chi connectivity index (χ1) is 9.90. The zero-order valence-corrected chi connectivity index (χ0v) is 14.7. The fraction of sp³-hybridized carbons (Fsp3) is 0.357. The molecule has 0 saturated carbocycles.